The summed E-state index contributed by atoms with van der Waals surface area (Å²) in [6.07, 6.45) is 0.0831. The lowest BCUT2D eigenvalue weighted by Gasteiger charge is -2.05. The lowest BCUT2D eigenvalue weighted by atomic mass is 10.0. The maximum absolute atomic E-state index is 12.1. The Bertz CT molecular complexity index is 674. The molecule has 5 nitrogen and oxygen atoms in total. The largest absolute Gasteiger partial charge is 0.508 e. The van der Waals surface area contributed by atoms with Crippen molar-refractivity contribution in [2.75, 3.05) is 7.11 Å². The molecule has 5 heteroatoms. The van der Waals surface area contributed by atoms with Gasteiger partial charge >= 0.3 is 5.97 Å². The Morgan fingerprint density at radius 3 is 2.29 bits per heavy atom. The minimum atomic E-state index is -0.441. The Labute approximate surface area is 121 Å². The van der Waals surface area contributed by atoms with Gasteiger partial charge in [-0.2, -0.15) is 0 Å². The molecule has 0 radical (unpaired) electrons. The van der Waals surface area contributed by atoms with Gasteiger partial charge in [0, 0.05) is 12.5 Å². The van der Waals surface area contributed by atoms with Crippen LogP contribution in [0.4, 0.5) is 0 Å². The van der Waals surface area contributed by atoms with E-state index in [0.29, 0.717) is 11.1 Å². The number of rotatable bonds is 4. The van der Waals surface area contributed by atoms with Crippen LogP contribution >= 0.6 is 0 Å². The monoisotopic (exact) mass is 286 g/mol. The molecular formula is C16H14O5. The maximum Gasteiger partial charge on any atom is 0.337 e. The van der Waals surface area contributed by atoms with Crippen LogP contribution in [0.3, 0.4) is 0 Å². The highest BCUT2D eigenvalue weighted by Crippen LogP contribution is 2.24. The van der Waals surface area contributed by atoms with Gasteiger partial charge in [-0.15, -0.1) is 0 Å². The standard InChI is InChI=1S/C16H14O5/c1-21-16(20)11-4-2-10(3-5-11)8-14(18)13-7-6-12(17)9-15(13)19/h2-7,9,17,19H,8H2,1H3. The van der Waals surface area contributed by atoms with Crippen molar-refractivity contribution in [2.45, 2.75) is 6.42 Å². The Kier molecular flexibility index (Phi) is 4.23. The number of phenolic OH excluding ortho intramolecular Hbond substituents is 2. The molecule has 108 valence electrons. The molecule has 0 saturated heterocycles. The normalized spacial score (nSPS) is 10.1. The van der Waals surface area contributed by atoms with Crippen molar-refractivity contribution in [1.29, 1.82) is 0 Å². The van der Waals surface area contributed by atoms with Crippen LogP contribution < -0.4 is 0 Å². The number of ether oxygens (including phenoxy) is 1. The highest BCUT2D eigenvalue weighted by Gasteiger charge is 2.13. The summed E-state index contributed by atoms with van der Waals surface area (Å²) in [6.45, 7) is 0. The van der Waals surface area contributed by atoms with Crippen molar-refractivity contribution < 1.29 is 24.5 Å². The second-order valence-corrected chi connectivity index (χ2v) is 4.49. The fraction of sp³-hybridized carbons (Fsp3) is 0.125. The van der Waals surface area contributed by atoms with E-state index >= 15 is 0 Å². The molecule has 0 saturated carbocycles. The summed E-state index contributed by atoms with van der Waals surface area (Å²) >= 11 is 0. The van der Waals surface area contributed by atoms with Crippen LogP contribution in [0.1, 0.15) is 26.3 Å². The summed E-state index contributed by atoms with van der Waals surface area (Å²) in [5, 5.41) is 18.8. The zero-order chi connectivity index (χ0) is 15.4. The summed E-state index contributed by atoms with van der Waals surface area (Å²) < 4.78 is 4.59. The number of phenols is 2. The van der Waals surface area contributed by atoms with E-state index in [0.717, 1.165) is 6.07 Å². The van der Waals surface area contributed by atoms with Crippen molar-refractivity contribution in [3.8, 4) is 11.5 Å². The van der Waals surface area contributed by atoms with E-state index in [1.165, 1.54) is 19.2 Å². The predicted molar refractivity (Wildman–Crippen MR) is 75.6 cm³/mol. The Balaban J connectivity index is 2.14. The summed E-state index contributed by atoms with van der Waals surface area (Å²) in [5.74, 6) is -1.08. The van der Waals surface area contributed by atoms with E-state index < -0.39 is 5.97 Å². The fourth-order valence-corrected chi connectivity index (χ4v) is 1.91. The van der Waals surface area contributed by atoms with Gasteiger partial charge in [-0.1, -0.05) is 12.1 Å². The first kappa shape index (κ1) is 14.6. The summed E-state index contributed by atoms with van der Waals surface area (Å²) in [4.78, 5) is 23.4. The topological polar surface area (TPSA) is 83.8 Å². The van der Waals surface area contributed by atoms with Gasteiger partial charge in [-0.05, 0) is 29.8 Å². The number of aromatic hydroxyl groups is 2. The quantitative estimate of drug-likeness (QED) is 0.665. The maximum atomic E-state index is 12.1. The molecule has 0 unspecified atom stereocenters. The van der Waals surface area contributed by atoms with Crippen LogP contribution in [0, 0.1) is 0 Å². The van der Waals surface area contributed by atoms with Gasteiger partial charge in [0.2, 0.25) is 0 Å². The highest BCUT2D eigenvalue weighted by molar-refractivity contribution is 6.00. The van der Waals surface area contributed by atoms with E-state index in [4.69, 9.17) is 0 Å². The number of methoxy groups -OCH3 is 1. The van der Waals surface area contributed by atoms with Crippen LogP contribution in [0.2, 0.25) is 0 Å². The van der Waals surface area contributed by atoms with Crippen LogP contribution in [-0.2, 0) is 11.2 Å². The molecule has 0 aliphatic rings. The van der Waals surface area contributed by atoms with Crippen LogP contribution in [0.25, 0.3) is 0 Å². The molecule has 0 bridgehead atoms. The Hall–Kier alpha value is -2.82. The summed E-state index contributed by atoms with van der Waals surface area (Å²) in [7, 11) is 1.30. The lowest BCUT2D eigenvalue weighted by molar-refractivity contribution is 0.0600. The zero-order valence-electron chi connectivity index (χ0n) is 11.4. The number of hydrogen-bond acceptors (Lipinski definition) is 5. The Morgan fingerprint density at radius 1 is 1.05 bits per heavy atom. The Morgan fingerprint density at radius 2 is 1.71 bits per heavy atom. The second kappa shape index (κ2) is 6.09. The van der Waals surface area contributed by atoms with Gasteiger partial charge in [0.15, 0.2) is 5.78 Å². The molecule has 2 aromatic rings. The van der Waals surface area contributed by atoms with Gasteiger partial charge in [0.25, 0.3) is 0 Å². The molecule has 2 rings (SSSR count). The molecule has 0 atom stereocenters. The van der Waals surface area contributed by atoms with E-state index in [2.05, 4.69) is 4.74 Å². The number of Topliss-reactive ketones (excluding diaryl/α,β-unsaturated/α-hetero) is 1. The first-order chi connectivity index (χ1) is 10.0. The molecule has 0 aliphatic carbocycles. The minimum Gasteiger partial charge on any atom is -0.508 e. The van der Waals surface area contributed by atoms with E-state index in [1.54, 1.807) is 24.3 Å². The van der Waals surface area contributed by atoms with E-state index in [-0.39, 0.29) is 29.3 Å². The summed E-state index contributed by atoms with van der Waals surface area (Å²) in [6, 6.07) is 10.3. The van der Waals surface area contributed by atoms with Gasteiger partial charge in [0.1, 0.15) is 11.5 Å². The van der Waals surface area contributed by atoms with Crippen molar-refractivity contribution in [3.63, 3.8) is 0 Å². The van der Waals surface area contributed by atoms with Crippen LogP contribution in [-0.4, -0.2) is 29.1 Å². The molecule has 21 heavy (non-hydrogen) atoms. The zero-order valence-corrected chi connectivity index (χ0v) is 11.4. The predicted octanol–water partition coefficient (Wildman–Crippen LogP) is 2.31. The van der Waals surface area contributed by atoms with Gasteiger partial charge in [-0.25, -0.2) is 4.79 Å². The number of hydrogen-bond donors (Lipinski definition) is 2. The number of benzene rings is 2. The third-order valence-electron chi connectivity index (χ3n) is 3.02. The molecule has 0 aliphatic heterocycles. The first-order valence-electron chi connectivity index (χ1n) is 6.23. The number of ketones is 1. The third-order valence-corrected chi connectivity index (χ3v) is 3.02. The van der Waals surface area contributed by atoms with Crippen molar-refractivity contribution in [3.05, 3.63) is 59.2 Å². The average Bonchev–Trinajstić information content (AvgIpc) is 2.47. The minimum absolute atomic E-state index is 0.0831. The van der Waals surface area contributed by atoms with Crippen LogP contribution in [0.15, 0.2) is 42.5 Å². The lowest BCUT2D eigenvalue weighted by Crippen LogP contribution is -2.05. The molecule has 0 aromatic heterocycles. The number of carbonyl (C=O) groups excluding carboxylic acids is 2. The van der Waals surface area contributed by atoms with Gasteiger partial charge in [-0.3, -0.25) is 4.79 Å². The highest BCUT2D eigenvalue weighted by atomic mass is 16.5. The van der Waals surface area contributed by atoms with Gasteiger partial charge in [0.05, 0.1) is 18.2 Å². The van der Waals surface area contributed by atoms with Crippen LogP contribution in [0.5, 0.6) is 11.5 Å². The molecule has 2 N–H and O–H groups in total. The SMILES string of the molecule is COC(=O)c1ccc(CC(=O)c2ccc(O)cc2O)cc1. The van der Waals surface area contributed by atoms with E-state index in [9.17, 15) is 19.8 Å². The smallest absolute Gasteiger partial charge is 0.337 e. The number of carbonyl (C=O) groups is 2. The molecular weight excluding hydrogens is 272 g/mol. The molecule has 0 fully saturated rings. The number of esters is 1. The molecule has 0 spiro atoms. The van der Waals surface area contributed by atoms with Crippen molar-refractivity contribution in [2.24, 2.45) is 0 Å². The average molecular weight is 286 g/mol. The van der Waals surface area contributed by atoms with Crippen molar-refractivity contribution in [1.82, 2.24) is 0 Å². The molecule has 0 amide bonds. The fourth-order valence-electron chi connectivity index (χ4n) is 1.91. The first-order valence-corrected chi connectivity index (χ1v) is 6.23. The molecule has 2 aromatic carbocycles. The summed E-state index contributed by atoms with van der Waals surface area (Å²) in [5.41, 5.74) is 1.26. The molecule has 0 heterocycles. The van der Waals surface area contributed by atoms with Gasteiger partial charge < -0.3 is 14.9 Å². The second-order valence-electron chi connectivity index (χ2n) is 4.49. The van der Waals surface area contributed by atoms with E-state index in [1.807, 2.05) is 0 Å². The van der Waals surface area contributed by atoms with Crippen molar-refractivity contribution >= 4 is 11.8 Å². The third kappa shape index (κ3) is 3.39.